The maximum Gasteiger partial charge on any atom is 0.278 e. The van der Waals surface area contributed by atoms with E-state index >= 15 is 0 Å². The molecule has 1 N–H and O–H groups in total. The second kappa shape index (κ2) is 4.77. The fraction of sp³-hybridized carbons (Fsp3) is 0.125. The molecule has 0 aliphatic heterocycles. The van der Waals surface area contributed by atoms with E-state index in [0.29, 0.717) is 11.0 Å². The van der Waals surface area contributed by atoms with Crippen molar-refractivity contribution in [1.29, 1.82) is 0 Å². The van der Waals surface area contributed by atoms with Crippen molar-refractivity contribution in [1.82, 2.24) is 25.0 Å². The van der Waals surface area contributed by atoms with Gasteiger partial charge in [0.25, 0.3) is 5.56 Å². The summed E-state index contributed by atoms with van der Waals surface area (Å²) < 4.78 is 1.76. The van der Waals surface area contributed by atoms with Crippen LogP contribution in [-0.4, -0.2) is 25.0 Å². The fourth-order valence-corrected chi connectivity index (χ4v) is 2.77. The van der Waals surface area contributed by atoms with E-state index in [2.05, 4.69) is 20.3 Å². The van der Waals surface area contributed by atoms with Gasteiger partial charge < -0.3 is 4.98 Å². The largest absolute Gasteiger partial charge is 0.327 e. The van der Waals surface area contributed by atoms with Gasteiger partial charge in [0.1, 0.15) is 0 Å². The van der Waals surface area contributed by atoms with Crippen LogP contribution in [0.15, 0.2) is 53.6 Å². The molecule has 0 bridgehead atoms. The van der Waals surface area contributed by atoms with Crippen molar-refractivity contribution in [2.75, 3.05) is 0 Å². The van der Waals surface area contributed by atoms with Gasteiger partial charge in [-0.05, 0) is 19.1 Å². The van der Waals surface area contributed by atoms with Crippen molar-refractivity contribution in [3.8, 4) is 0 Å². The highest BCUT2D eigenvalue weighted by molar-refractivity contribution is 5.82. The van der Waals surface area contributed by atoms with Crippen LogP contribution in [0.25, 0.3) is 21.9 Å². The zero-order valence-corrected chi connectivity index (χ0v) is 11.9. The van der Waals surface area contributed by atoms with Crippen LogP contribution in [-0.2, 0) is 0 Å². The number of hydrogen-bond acceptors (Lipinski definition) is 4. The number of benzene rings is 1. The number of fused-ring (bicyclic) bond motifs is 2. The number of hydrogen-bond donors (Lipinski definition) is 1. The normalized spacial score (nSPS) is 12.8. The standard InChI is InChI=1S/C16H13N5O/c1-10(12-6-2-4-11-5-3-8-17-14(11)12)21-13-7-9-18-16(22)15(13)19-20-21/h2-10H,1H3,(H,18,22). The van der Waals surface area contributed by atoms with E-state index in [0.717, 1.165) is 16.5 Å². The number of aromatic nitrogens is 5. The molecule has 1 unspecified atom stereocenters. The van der Waals surface area contributed by atoms with Crippen molar-refractivity contribution >= 4 is 21.9 Å². The predicted molar refractivity (Wildman–Crippen MR) is 83.7 cm³/mol. The molecule has 4 aromatic rings. The van der Waals surface area contributed by atoms with Crippen LogP contribution in [0.4, 0.5) is 0 Å². The lowest BCUT2D eigenvalue weighted by Gasteiger charge is -2.14. The first-order valence-corrected chi connectivity index (χ1v) is 7.02. The second-order valence-corrected chi connectivity index (χ2v) is 5.17. The maximum absolute atomic E-state index is 11.8. The van der Waals surface area contributed by atoms with E-state index < -0.39 is 0 Å². The summed E-state index contributed by atoms with van der Waals surface area (Å²) >= 11 is 0. The Bertz CT molecular complexity index is 1030. The summed E-state index contributed by atoms with van der Waals surface area (Å²) in [5, 5.41) is 9.23. The summed E-state index contributed by atoms with van der Waals surface area (Å²) in [5.74, 6) is 0. The van der Waals surface area contributed by atoms with Crippen molar-refractivity contribution in [3.63, 3.8) is 0 Å². The van der Waals surface area contributed by atoms with Crippen LogP contribution in [0.1, 0.15) is 18.5 Å². The number of aromatic amines is 1. The molecule has 0 fully saturated rings. The minimum Gasteiger partial charge on any atom is -0.327 e. The Labute approximate surface area is 125 Å². The molecule has 0 radical (unpaired) electrons. The van der Waals surface area contributed by atoms with Gasteiger partial charge in [-0.2, -0.15) is 0 Å². The molecule has 1 aromatic carbocycles. The maximum atomic E-state index is 11.8. The Balaban J connectivity index is 1.94. The zero-order chi connectivity index (χ0) is 15.1. The van der Waals surface area contributed by atoms with E-state index in [-0.39, 0.29) is 11.6 Å². The minimum absolute atomic E-state index is 0.0783. The van der Waals surface area contributed by atoms with E-state index in [1.807, 2.05) is 43.3 Å². The van der Waals surface area contributed by atoms with Crippen molar-refractivity contribution in [2.24, 2.45) is 0 Å². The summed E-state index contributed by atoms with van der Waals surface area (Å²) in [5.41, 5.74) is 2.81. The van der Waals surface area contributed by atoms with Gasteiger partial charge in [-0.3, -0.25) is 9.78 Å². The van der Waals surface area contributed by atoms with Crippen LogP contribution < -0.4 is 5.56 Å². The number of para-hydroxylation sites is 1. The SMILES string of the molecule is CC(c1cccc2cccnc12)n1nnc2c(=O)[nH]ccc21. The molecule has 0 aliphatic carbocycles. The van der Waals surface area contributed by atoms with Crippen LogP contribution >= 0.6 is 0 Å². The highest BCUT2D eigenvalue weighted by atomic mass is 16.1. The van der Waals surface area contributed by atoms with Gasteiger partial charge in [0.15, 0.2) is 5.52 Å². The molecule has 0 aliphatic rings. The number of nitrogens with one attached hydrogen (secondary N) is 1. The van der Waals surface area contributed by atoms with E-state index in [1.54, 1.807) is 17.1 Å². The Morgan fingerprint density at radius 1 is 1.14 bits per heavy atom. The van der Waals surface area contributed by atoms with Gasteiger partial charge in [-0.15, -0.1) is 5.10 Å². The summed E-state index contributed by atoms with van der Waals surface area (Å²) in [7, 11) is 0. The molecule has 3 heterocycles. The second-order valence-electron chi connectivity index (χ2n) is 5.17. The van der Waals surface area contributed by atoms with E-state index in [1.165, 1.54) is 0 Å². The van der Waals surface area contributed by atoms with Gasteiger partial charge in [-0.25, -0.2) is 4.68 Å². The molecule has 6 heteroatoms. The number of pyridine rings is 2. The van der Waals surface area contributed by atoms with Gasteiger partial charge in [0, 0.05) is 23.3 Å². The Morgan fingerprint density at radius 3 is 2.91 bits per heavy atom. The van der Waals surface area contributed by atoms with Crippen LogP contribution in [0.3, 0.4) is 0 Å². The first-order chi connectivity index (χ1) is 10.8. The highest BCUT2D eigenvalue weighted by Crippen LogP contribution is 2.26. The monoisotopic (exact) mass is 291 g/mol. The Hall–Kier alpha value is -3.02. The number of rotatable bonds is 2. The molecule has 0 spiro atoms. The van der Waals surface area contributed by atoms with Crippen LogP contribution in [0.5, 0.6) is 0 Å². The van der Waals surface area contributed by atoms with Crippen molar-refractivity contribution < 1.29 is 0 Å². The first-order valence-electron chi connectivity index (χ1n) is 7.02. The average Bonchev–Trinajstić information content (AvgIpc) is 2.99. The molecule has 0 amide bonds. The lowest BCUT2D eigenvalue weighted by Crippen LogP contribution is -2.10. The van der Waals surface area contributed by atoms with Gasteiger partial charge >= 0.3 is 0 Å². The lowest BCUT2D eigenvalue weighted by molar-refractivity contribution is 0.562. The molecule has 0 saturated carbocycles. The molecular formula is C16H13N5O. The zero-order valence-electron chi connectivity index (χ0n) is 11.9. The fourth-order valence-electron chi connectivity index (χ4n) is 2.77. The molecule has 6 nitrogen and oxygen atoms in total. The summed E-state index contributed by atoms with van der Waals surface area (Å²) in [4.78, 5) is 18.9. The molecular weight excluding hydrogens is 278 g/mol. The third kappa shape index (κ3) is 1.81. The average molecular weight is 291 g/mol. The smallest absolute Gasteiger partial charge is 0.278 e. The van der Waals surface area contributed by atoms with Gasteiger partial charge in [0.05, 0.1) is 17.1 Å². The Morgan fingerprint density at radius 2 is 2.00 bits per heavy atom. The van der Waals surface area contributed by atoms with Crippen molar-refractivity contribution in [2.45, 2.75) is 13.0 Å². The van der Waals surface area contributed by atoms with Crippen LogP contribution in [0.2, 0.25) is 0 Å². The summed E-state index contributed by atoms with van der Waals surface area (Å²) in [6, 6.07) is 11.7. The number of nitrogens with zero attached hydrogens (tertiary/aromatic N) is 4. The molecule has 1 atom stereocenters. The number of H-pyrrole nitrogens is 1. The first kappa shape index (κ1) is 12.7. The predicted octanol–water partition coefficient (Wildman–Crippen LogP) is 2.28. The molecule has 3 aromatic heterocycles. The topological polar surface area (TPSA) is 76.5 Å². The summed E-state index contributed by atoms with van der Waals surface area (Å²) in [6.07, 6.45) is 3.39. The van der Waals surface area contributed by atoms with Crippen LogP contribution in [0, 0.1) is 0 Å². The third-order valence-corrected chi connectivity index (χ3v) is 3.88. The quantitative estimate of drug-likeness (QED) is 0.614. The Kier molecular flexibility index (Phi) is 2.75. The molecule has 4 rings (SSSR count). The molecule has 22 heavy (non-hydrogen) atoms. The highest BCUT2D eigenvalue weighted by Gasteiger charge is 2.17. The van der Waals surface area contributed by atoms with E-state index in [9.17, 15) is 4.79 Å². The van der Waals surface area contributed by atoms with E-state index in [4.69, 9.17) is 0 Å². The summed E-state index contributed by atoms with van der Waals surface area (Å²) in [6.45, 7) is 2.03. The minimum atomic E-state index is -0.230. The molecule has 0 saturated heterocycles. The lowest BCUT2D eigenvalue weighted by atomic mass is 10.0. The van der Waals surface area contributed by atoms with Gasteiger partial charge in [-0.1, -0.05) is 29.5 Å². The van der Waals surface area contributed by atoms with Crippen molar-refractivity contribution in [3.05, 3.63) is 64.7 Å². The molecule has 108 valence electrons. The third-order valence-electron chi connectivity index (χ3n) is 3.88. The van der Waals surface area contributed by atoms with Gasteiger partial charge in [0.2, 0.25) is 0 Å².